The molecule has 0 spiro atoms. The molecule has 2 rings (SSSR count). The van der Waals surface area contributed by atoms with Crippen molar-refractivity contribution in [3.63, 3.8) is 0 Å². The SMILES string of the molecule is Nc1nncc2occc12. The van der Waals surface area contributed by atoms with Crippen LogP contribution in [0.5, 0.6) is 0 Å². The molecular weight excluding hydrogens is 130 g/mol. The van der Waals surface area contributed by atoms with Crippen molar-refractivity contribution in [2.24, 2.45) is 0 Å². The monoisotopic (exact) mass is 135 g/mol. The highest BCUT2D eigenvalue weighted by Crippen LogP contribution is 2.16. The van der Waals surface area contributed by atoms with E-state index in [0.717, 1.165) is 5.39 Å². The molecule has 0 unspecified atom stereocenters. The molecule has 0 amide bonds. The van der Waals surface area contributed by atoms with Gasteiger partial charge in [-0.05, 0) is 6.07 Å². The Hall–Kier alpha value is -1.58. The first-order chi connectivity index (χ1) is 4.88. The van der Waals surface area contributed by atoms with Crippen LogP contribution in [-0.2, 0) is 0 Å². The Morgan fingerprint density at radius 1 is 1.50 bits per heavy atom. The maximum Gasteiger partial charge on any atom is 0.157 e. The van der Waals surface area contributed by atoms with Gasteiger partial charge in [0.15, 0.2) is 11.4 Å². The van der Waals surface area contributed by atoms with Crippen LogP contribution in [0.2, 0.25) is 0 Å². The maximum absolute atomic E-state index is 5.47. The van der Waals surface area contributed by atoms with E-state index >= 15 is 0 Å². The fourth-order valence-corrected chi connectivity index (χ4v) is 0.830. The zero-order valence-corrected chi connectivity index (χ0v) is 5.11. The van der Waals surface area contributed by atoms with E-state index in [1.54, 1.807) is 12.3 Å². The Labute approximate surface area is 56.7 Å². The van der Waals surface area contributed by atoms with E-state index in [9.17, 15) is 0 Å². The quantitative estimate of drug-likeness (QED) is 0.580. The summed E-state index contributed by atoms with van der Waals surface area (Å²) < 4.78 is 5.02. The molecule has 0 aliphatic heterocycles. The zero-order valence-electron chi connectivity index (χ0n) is 5.11. The molecule has 0 saturated heterocycles. The van der Waals surface area contributed by atoms with Crippen molar-refractivity contribution in [1.82, 2.24) is 10.2 Å². The average molecular weight is 135 g/mol. The first kappa shape index (κ1) is 5.22. The molecule has 0 radical (unpaired) electrons. The lowest BCUT2D eigenvalue weighted by molar-refractivity contribution is 0.613. The third-order valence-electron chi connectivity index (χ3n) is 1.31. The van der Waals surface area contributed by atoms with Gasteiger partial charge in [-0.15, -0.1) is 5.10 Å². The summed E-state index contributed by atoms with van der Waals surface area (Å²) in [4.78, 5) is 0. The third-order valence-corrected chi connectivity index (χ3v) is 1.31. The molecule has 0 fully saturated rings. The van der Waals surface area contributed by atoms with E-state index < -0.39 is 0 Å². The largest absolute Gasteiger partial charge is 0.463 e. The van der Waals surface area contributed by atoms with Crippen LogP contribution < -0.4 is 5.73 Å². The van der Waals surface area contributed by atoms with Gasteiger partial charge in [0, 0.05) is 0 Å². The Bertz CT molecular complexity index is 355. The standard InChI is InChI=1S/C6H5N3O/c7-6-4-1-2-10-5(4)3-8-9-6/h1-3H,(H2,7,9). The predicted octanol–water partition coefficient (Wildman–Crippen LogP) is 0.805. The van der Waals surface area contributed by atoms with Gasteiger partial charge in [0.05, 0.1) is 17.8 Å². The second kappa shape index (κ2) is 1.70. The Morgan fingerprint density at radius 2 is 2.40 bits per heavy atom. The molecule has 2 aromatic heterocycles. The number of anilines is 1. The van der Waals surface area contributed by atoms with Crippen LogP contribution in [-0.4, -0.2) is 10.2 Å². The minimum atomic E-state index is 0.409. The maximum atomic E-state index is 5.47. The van der Waals surface area contributed by atoms with E-state index in [1.807, 2.05) is 0 Å². The van der Waals surface area contributed by atoms with E-state index in [2.05, 4.69) is 10.2 Å². The molecule has 0 aliphatic rings. The highest BCUT2D eigenvalue weighted by atomic mass is 16.3. The first-order valence-corrected chi connectivity index (χ1v) is 2.82. The molecular formula is C6H5N3O. The number of rotatable bonds is 0. The van der Waals surface area contributed by atoms with Crippen molar-refractivity contribution in [2.75, 3.05) is 5.73 Å². The van der Waals surface area contributed by atoms with Gasteiger partial charge in [-0.2, -0.15) is 5.10 Å². The van der Waals surface area contributed by atoms with Gasteiger partial charge in [-0.25, -0.2) is 0 Å². The Kier molecular flexibility index (Phi) is 0.887. The fraction of sp³-hybridized carbons (Fsp3) is 0. The molecule has 0 aromatic carbocycles. The van der Waals surface area contributed by atoms with Crippen LogP contribution in [0.1, 0.15) is 0 Å². The topological polar surface area (TPSA) is 64.9 Å². The van der Waals surface area contributed by atoms with Gasteiger partial charge < -0.3 is 10.2 Å². The molecule has 2 aromatic rings. The lowest BCUT2D eigenvalue weighted by Crippen LogP contribution is -1.91. The Balaban J connectivity index is 2.95. The molecule has 0 aliphatic carbocycles. The van der Waals surface area contributed by atoms with E-state index in [-0.39, 0.29) is 0 Å². The second-order valence-electron chi connectivity index (χ2n) is 1.93. The molecule has 50 valence electrons. The summed E-state index contributed by atoms with van der Waals surface area (Å²) in [7, 11) is 0. The third kappa shape index (κ3) is 0.556. The predicted molar refractivity (Wildman–Crippen MR) is 36.2 cm³/mol. The van der Waals surface area contributed by atoms with Gasteiger partial charge in [-0.1, -0.05) is 0 Å². The number of aromatic nitrogens is 2. The lowest BCUT2D eigenvalue weighted by atomic mass is 10.3. The molecule has 4 heteroatoms. The van der Waals surface area contributed by atoms with Gasteiger partial charge in [0.2, 0.25) is 0 Å². The number of hydrogen-bond donors (Lipinski definition) is 1. The van der Waals surface area contributed by atoms with Gasteiger partial charge >= 0.3 is 0 Å². The minimum Gasteiger partial charge on any atom is -0.463 e. The molecule has 0 atom stereocenters. The van der Waals surface area contributed by atoms with Crippen LogP contribution in [0.3, 0.4) is 0 Å². The number of furan rings is 1. The summed E-state index contributed by atoms with van der Waals surface area (Å²) in [6, 6.07) is 1.76. The molecule has 2 N–H and O–H groups in total. The molecule has 4 nitrogen and oxygen atoms in total. The van der Waals surface area contributed by atoms with E-state index in [1.165, 1.54) is 6.20 Å². The van der Waals surface area contributed by atoms with Gasteiger partial charge in [0.25, 0.3) is 0 Å². The van der Waals surface area contributed by atoms with Crippen molar-refractivity contribution in [1.29, 1.82) is 0 Å². The summed E-state index contributed by atoms with van der Waals surface area (Å²) in [5, 5.41) is 8.08. The molecule has 0 bridgehead atoms. The van der Waals surface area contributed by atoms with Crippen LogP contribution in [0.25, 0.3) is 11.0 Å². The van der Waals surface area contributed by atoms with Crippen molar-refractivity contribution in [3.05, 3.63) is 18.5 Å². The second-order valence-corrected chi connectivity index (χ2v) is 1.93. The number of nitrogens with two attached hydrogens (primary N) is 1. The van der Waals surface area contributed by atoms with Crippen molar-refractivity contribution < 1.29 is 4.42 Å². The van der Waals surface area contributed by atoms with E-state index in [4.69, 9.17) is 10.2 Å². The smallest absolute Gasteiger partial charge is 0.157 e. The number of fused-ring (bicyclic) bond motifs is 1. The van der Waals surface area contributed by atoms with Crippen LogP contribution in [0, 0.1) is 0 Å². The molecule has 0 saturated carbocycles. The molecule has 10 heavy (non-hydrogen) atoms. The van der Waals surface area contributed by atoms with Crippen LogP contribution in [0.4, 0.5) is 5.82 Å². The summed E-state index contributed by atoms with van der Waals surface area (Å²) in [5.74, 6) is 0.409. The number of hydrogen-bond acceptors (Lipinski definition) is 4. The average Bonchev–Trinajstić information content (AvgIpc) is 2.36. The Morgan fingerprint density at radius 3 is 3.20 bits per heavy atom. The highest BCUT2D eigenvalue weighted by molar-refractivity contribution is 5.85. The lowest BCUT2D eigenvalue weighted by Gasteiger charge is -1.88. The highest BCUT2D eigenvalue weighted by Gasteiger charge is 1.99. The van der Waals surface area contributed by atoms with Gasteiger partial charge in [0.1, 0.15) is 0 Å². The fourth-order valence-electron chi connectivity index (χ4n) is 0.830. The van der Waals surface area contributed by atoms with Crippen molar-refractivity contribution >= 4 is 16.8 Å². The normalized spacial score (nSPS) is 10.4. The summed E-state index contributed by atoms with van der Waals surface area (Å²) >= 11 is 0. The van der Waals surface area contributed by atoms with Gasteiger partial charge in [-0.3, -0.25) is 0 Å². The minimum absolute atomic E-state index is 0.409. The summed E-state index contributed by atoms with van der Waals surface area (Å²) in [6.07, 6.45) is 3.09. The number of nitrogens with zero attached hydrogens (tertiary/aromatic N) is 2. The summed E-state index contributed by atoms with van der Waals surface area (Å²) in [5.41, 5.74) is 6.14. The number of nitrogen functional groups attached to an aromatic ring is 1. The first-order valence-electron chi connectivity index (χ1n) is 2.82. The van der Waals surface area contributed by atoms with E-state index in [0.29, 0.717) is 11.4 Å². The summed E-state index contributed by atoms with van der Waals surface area (Å²) in [6.45, 7) is 0. The zero-order chi connectivity index (χ0) is 6.97. The van der Waals surface area contributed by atoms with Crippen molar-refractivity contribution in [3.8, 4) is 0 Å². The van der Waals surface area contributed by atoms with Crippen LogP contribution in [0.15, 0.2) is 22.9 Å². The van der Waals surface area contributed by atoms with Crippen LogP contribution >= 0.6 is 0 Å². The van der Waals surface area contributed by atoms with Crippen molar-refractivity contribution in [2.45, 2.75) is 0 Å². The molecule has 2 heterocycles.